The second-order valence-electron chi connectivity index (χ2n) is 4.83. The number of nitrogens with zero attached hydrogens (tertiary/aromatic N) is 3. The molecule has 1 amide bonds. The van der Waals surface area contributed by atoms with Gasteiger partial charge in [-0.25, -0.2) is 9.48 Å². The molecule has 1 heterocycles. The van der Waals surface area contributed by atoms with Crippen LogP contribution in [0.15, 0.2) is 12.7 Å². The summed E-state index contributed by atoms with van der Waals surface area (Å²) in [6.45, 7) is 9.29. The Bertz CT molecular complexity index is 510. The van der Waals surface area contributed by atoms with Crippen molar-refractivity contribution in [3.8, 4) is 0 Å². The molecule has 0 saturated heterocycles. The standard InChI is InChI=1S/C14H22N4O3/c1-5-7-10(3)15-12(19)9-18-11(4)13(16-17-18)14(20)21-8-6-2/h6,10H,2,5,7-9H2,1,3-4H3,(H,15,19). The Labute approximate surface area is 124 Å². The molecule has 0 saturated carbocycles. The molecule has 0 spiro atoms. The third-order valence-corrected chi connectivity index (χ3v) is 2.93. The molecule has 1 N–H and O–H groups in total. The third-order valence-electron chi connectivity index (χ3n) is 2.93. The van der Waals surface area contributed by atoms with Crippen LogP contribution in [0.5, 0.6) is 0 Å². The lowest BCUT2D eigenvalue weighted by Gasteiger charge is -2.12. The van der Waals surface area contributed by atoms with Crippen molar-refractivity contribution in [3.05, 3.63) is 24.0 Å². The Kier molecular flexibility index (Phi) is 6.58. The first-order chi connectivity index (χ1) is 9.99. The first kappa shape index (κ1) is 16.9. The summed E-state index contributed by atoms with van der Waals surface area (Å²) < 4.78 is 6.29. The number of ether oxygens (including phenoxy) is 1. The molecule has 0 aliphatic heterocycles. The van der Waals surface area contributed by atoms with Gasteiger partial charge in [-0.3, -0.25) is 4.79 Å². The fourth-order valence-corrected chi connectivity index (χ4v) is 1.86. The van der Waals surface area contributed by atoms with E-state index in [1.54, 1.807) is 6.92 Å². The number of rotatable bonds is 8. The van der Waals surface area contributed by atoms with Gasteiger partial charge in [-0.05, 0) is 20.3 Å². The fraction of sp³-hybridized carbons (Fsp3) is 0.571. The van der Waals surface area contributed by atoms with E-state index in [1.165, 1.54) is 10.8 Å². The molecule has 7 heteroatoms. The van der Waals surface area contributed by atoms with Crippen LogP contribution in [0.25, 0.3) is 0 Å². The van der Waals surface area contributed by atoms with Gasteiger partial charge >= 0.3 is 5.97 Å². The molecular weight excluding hydrogens is 272 g/mol. The van der Waals surface area contributed by atoms with Crippen LogP contribution in [0.1, 0.15) is 42.9 Å². The van der Waals surface area contributed by atoms with E-state index < -0.39 is 5.97 Å². The molecule has 0 aliphatic carbocycles. The van der Waals surface area contributed by atoms with Crippen LogP contribution >= 0.6 is 0 Å². The van der Waals surface area contributed by atoms with Crippen molar-refractivity contribution in [2.45, 2.75) is 46.2 Å². The lowest BCUT2D eigenvalue weighted by Crippen LogP contribution is -2.35. The van der Waals surface area contributed by atoms with Crippen molar-refractivity contribution in [1.82, 2.24) is 20.3 Å². The van der Waals surface area contributed by atoms with Gasteiger partial charge in [0.1, 0.15) is 13.2 Å². The van der Waals surface area contributed by atoms with Crippen LogP contribution in [0.3, 0.4) is 0 Å². The smallest absolute Gasteiger partial charge is 0.361 e. The van der Waals surface area contributed by atoms with Gasteiger partial charge in [0.2, 0.25) is 5.91 Å². The van der Waals surface area contributed by atoms with E-state index in [0.29, 0.717) is 5.69 Å². The molecule has 21 heavy (non-hydrogen) atoms. The highest BCUT2D eigenvalue weighted by molar-refractivity contribution is 5.88. The highest BCUT2D eigenvalue weighted by atomic mass is 16.5. The number of nitrogens with one attached hydrogen (secondary N) is 1. The van der Waals surface area contributed by atoms with Crippen LogP contribution in [-0.4, -0.2) is 39.5 Å². The Balaban J connectivity index is 2.65. The summed E-state index contributed by atoms with van der Waals surface area (Å²) in [5.74, 6) is -0.728. The molecule has 1 atom stereocenters. The highest BCUT2D eigenvalue weighted by Gasteiger charge is 2.19. The van der Waals surface area contributed by atoms with Crippen LogP contribution in [0.2, 0.25) is 0 Å². The van der Waals surface area contributed by atoms with Crippen LogP contribution in [0.4, 0.5) is 0 Å². The van der Waals surface area contributed by atoms with Crippen LogP contribution in [-0.2, 0) is 16.1 Å². The van der Waals surface area contributed by atoms with Gasteiger partial charge in [-0.15, -0.1) is 5.10 Å². The molecule has 1 rings (SSSR count). The average Bonchev–Trinajstić information content (AvgIpc) is 2.77. The van der Waals surface area contributed by atoms with Crippen molar-refractivity contribution in [2.75, 3.05) is 6.61 Å². The number of esters is 1. The Morgan fingerprint density at radius 1 is 1.52 bits per heavy atom. The number of hydrogen-bond acceptors (Lipinski definition) is 5. The van der Waals surface area contributed by atoms with Crippen molar-refractivity contribution < 1.29 is 14.3 Å². The minimum absolute atomic E-state index is 0.0294. The van der Waals surface area contributed by atoms with Crippen molar-refractivity contribution in [1.29, 1.82) is 0 Å². The summed E-state index contributed by atoms with van der Waals surface area (Å²) in [6, 6.07) is 0.114. The van der Waals surface area contributed by atoms with E-state index in [9.17, 15) is 9.59 Å². The van der Waals surface area contributed by atoms with Gasteiger partial charge in [-0.1, -0.05) is 31.2 Å². The second-order valence-corrected chi connectivity index (χ2v) is 4.83. The van der Waals surface area contributed by atoms with Gasteiger partial charge < -0.3 is 10.1 Å². The zero-order chi connectivity index (χ0) is 15.8. The number of aromatic nitrogens is 3. The van der Waals surface area contributed by atoms with Crippen LogP contribution in [0, 0.1) is 6.92 Å². The van der Waals surface area contributed by atoms with E-state index in [0.717, 1.165) is 12.8 Å². The van der Waals surface area contributed by atoms with Crippen molar-refractivity contribution in [3.63, 3.8) is 0 Å². The first-order valence-electron chi connectivity index (χ1n) is 6.97. The summed E-state index contributed by atoms with van der Waals surface area (Å²) in [6.07, 6.45) is 3.39. The minimum atomic E-state index is -0.571. The molecule has 0 aromatic carbocycles. The van der Waals surface area contributed by atoms with E-state index in [-0.39, 0.29) is 30.8 Å². The monoisotopic (exact) mass is 294 g/mol. The number of hydrogen-bond donors (Lipinski definition) is 1. The predicted molar refractivity (Wildman–Crippen MR) is 77.8 cm³/mol. The van der Waals surface area contributed by atoms with E-state index >= 15 is 0 Å². The number of carbonyl (C=O) groups excluding carboxylic acids is 2. The van der Waals surface area contributed by atoms with Gasteiger partial charge in [-0.2, -0.15) is 0 Å². The molecule has 1 aromatic heterocycles. The molecule has 1 unspecified atom stereocenters. The average molecular weight is 294 g/mol. The zero-order valence-electron chi connectivity index (χ0n) is 12.8. The molecule has 116 valence electrons. The number of carbonyl (C=O) groups is 2. The quantitative estimate of drug-likeness (QED) is 0.576. The molecular formula is C14H22N4O3. The fourth-order valence-electron chi connectivity index (χ4n) is 1.86. The molecule has 0 radical (unpaired) electrons. The Morgan fingerprint density at radius 3 is 2.86 bits per heavy atom. The van der Waals surface area contributed by atoms with Crippen molar-refractivity contribution >= 4 is 11.9 Å². The van der Waals surface area contributed by atoms with Gasteiger partial charge in [0.15, 0.2) is 5.69 Å². The van der Waals surface area contributed by atoms with Gasteiger partial charge in [0.05, 0.1) is 5.69 Å². The molecule has 1 aromatic rings. The zero-order valence-corrected chi connectivity index (χ0v) is 12.8. The maximum atomic E-state index is 11.9. The van der Waals surface area contributed by atoms with E-state index in [1.807, 2.05) is 6.92 Å². The predicted octanol–water partition coefficient (Wildman–Crippen LogP) is 1.23. The Morgan fingerprint density at radius 2 is 2.24 bits per heavy atom. The summed E-state index contributed by atoms with van der Waals surface area (Å²) in [7, 11) is 0. The maximum absolute atomic E-state index is 11.9. The van der Waals surface area contributed by atoms with Crippen molar-refractivity contribution in [2.24, 2.45) is 0 Å². The number of amides is 1. The molecule has 7 nitrogen and oxygen atoms in total. The van der Waals surface area contributed by atoms with E-state index in [2.05, 4.69) is 29.1 Å². The van der Waals surface area contributed by atoms with Crippen LogP contribution < -0.4 is 5.32 Å². The molecule has 0 fully saturated rings. The highest BCUT2D eigenvalue weighted by Crippen LogP contribution is 2.06. The molecule has 0 bridgehead atoms. The minimum Gasteiger partial charge on any atom is -0.457 e. The first-order valence-corrected chi connectivity index (χ1v) is 6.97. The summed E-state index contributed by atoms with van der Waals surface area (Å²) in [4.78, 5) is 23.6. The maximum Gasteiger partial charge on any atom is 0.361 e. The Hall–Kier alpha value is -2.18. The summed E-state index contributed by atoms with van der Waals surface area (Å²) in [5, 5.41) is 10.5. The SMILES string of the molecule is C=CCOC(=O)c1nnn(CC(=O)NC(C)CCC)c1C. The lowest BCUT2D eigenvalue weighted by molar-refractivity contribution is -0.122. The van der Waals surface area contributed by atoms with Gasteiger partial charge in [0, 0.05) is 6.04 Å². The van der Waals surface area contributed by atoms with E-state index in [4.69, 9.17) is 4.74 Å². The summed E-state index contributed by atoms with van der Waals surface area (Å²) in [5.41, 5.74) is 0.619. The second kappa shape index (κ2) is 8.18. The lowest BCUT2D eigenvalue weighted by atomic mass is 10.2. The third kappa shape index (κ3) is 5.02. The largest absolute Gasteiger partial charge is 0.457 e. The summed E-state index contributed by atoms with van der Waals surface area (Å²) >= 11 is 0. The topological polar surface area (TPSA) is 86.1 Å². The molecule has 0 aliphatic rings. The normalized spacial score (nSPS) is 11.8. The van der Waals surface area contributed by atoms with Gasteiger partial charge in [0.25, 0.3) is 0 Å².